The first-order chi connectivity index (χ1) is 15.1. The van der Waals surface area contributed by atoms with Crippen molar-refractivity contribution in [2.24, 2.45) is 0 Å². The molecule has 0 unspecified atom stereocenters. The van der Waals surface area contributed by atoms with Gasteiger partial charge in [0.2, 0.25) is 5.91 Å². The number of alkyl halides is 3. The second-order valence-electron chi connectivity index (χ2n) is 6.86. The molecule has 2 aromatic carbocycles. The van der Waals surface area contributed by atoms with Crippen LogP contribution < -0.4 is 10.9 Å². The molecule has 6 nitrogen and oxygen atoms in total. The Balaban J connectivity index is 1.69. The van der Waals surface area contributed by atoms with Crippen molar-refractivity contribution in [3.8, 4) is 11.3 Å². The molecule has 0 aliphatic carbocycles. The Labute approximate surface area is 188 Å². The molecule has 1 amide bonds. The van der Waals surface area contributed by atoms with E-state index in [9.17, 15) is 22.8 Å². The third-order valence-corrected chi connectivity index (χ3v) is 5.72. The van der Waals surface area contributed by atoms with Crippen LogP contribution in [0.25, 0.3) is 21.5 Å². The van der Waals surface area contributed by atoms with E-state index in [-0.39, 0.29) is 11.2 Å². The van der Waals surface area contributed by atoms with Crippen molar-refractivity contribution >= 4 is 44.7 Å². The van der Waals surface area contributed by atoms with Gasteiger partial charge in [-0.2, -0.15) is 18.3 Å². The van der Waals surface area contributed by atoms with Gasteiger partial charge in [-0.05, 0) is 37.3 Å². The molecule has 0 fully saturated rings. The molecule has 2 aromatic heterocycles. The number of hydrogen-bond donors (Lipinski definition) is 1. The number of rotatable bonds is 4. The number of halogens is 4. The second-order valence-corrected chi connectivity index (χ2v) is 8.50. The number of aromatic nitrogens is 3. The minimum atomic E-state index is -4.54. The Morgan fingerprint density at radius 1 is 1.19 bits per heavy atom. The Morgan fingerprint density at radius 2 is 1.91 bits per heavy atom. The van der Waals surface area contributed by atoms with E-state index in [4.69, 9.17) is 11.6 Å². The molecule has 0 saturated carbocycles. The van der Waals surface area contributed by atoms with E-state index < -0.39 is 29.8 Å². The first-order valence-electron chi connectivity index (χ1n) is 9.23. The molecule has 0 atom stereocenters. The first kappa shape index (κ1) is 22.0. The molecule has 164 valence electrons. The molecular weight excluding hydrogens is 465 g/mol. The summed E-state index contributed by atoms with van der Waals surface area (Å²) in [6.07, 6.45) is -4.54. The lowest BCUT2D eigenvalue weighted by molar-refractivity contribution is -0.137. The summed E-state index contributed by atoms with van der Waals surface area (Å²) < 4.78 is 40.2. The van der Waals surface area contributed by atoms with Crippen molar-refractivity contribution in [3.05, 3.63) is 74.5 Å². The highest BCUT2D eigenvalue weighted by atomic mass is 35.5. The summed E-state index contributed by atoms with van der Waals surface area (Å²) in [5, 5.41) is 7.90. The van der Waals surface area contributed by atoms with E-state index >= 15 is 0 Å². The number of fused-ring (bicyclic) bond motifs is 1. The molecule has 0 bridgehead atoms. The van der Waals surface area contributed by atoms with Crippen LogP contribution in [0.4, 0.5) is 18.9 Å². The van der Waals surface area contributed by atoms with Gasteiger partial charge < -0.3 is 5.32 Å². The molecule has 0 spiro atoms. The summed E-state index contributed by atoms with van der Waals surface area (Å²) in [7, 11) is 0. The van der Waals surface area contributed by atoms with Gasteiger partial charge in [0, 0.05) is 16.3 Å². The summed E-state index contributed by atoms with van der Waals surface area (Å²) in [6, 6.07) is 11.1. The van der Waals surface area contributed by atoms with E-state index in [2.05, 4.69) is 15.4 Å². The predicted molar refractivity (Wildman–Crippen MR) is 117 cm³/mol. The summed E-state index contributed by atoms with van der Waals surface area (Å²) in [5.41, 5.74) is -0.208. The SMILES string of the molecule is Cc1nc2c(=O)n(CC(=O)Nc3cccc(C(F)(F)F)c3)nc(-c3ccc(Cl)cc3)c2s1. The summed E-state index contributed by atoms with van der Waals surface area (Å²) in [6.45, 7) is 1.25. The highest BCUT2D eigenvalue weighted by Crippen LogP contribution is 2.31. The topological polar surface area (TPSA) is 76.9 Å². The average Bonchev–Trinajstić information content (AvgIpc) is 3.12. The fourth-order valence-electron chi connectivity index (χ4n) is 3.08. The van der Waals surface area contributed by atoms with Gasteiger partial charge in [0.05, 0.1) is 15.3 Å². The zero-order valence-corrected chi connectivity index (χ0v) is 18.0. The number of anilines is 1. The van der Waals surface area contributed by atoms with Crippen LogP contribution >= 0.6 is 22.9 Å². The zero-order valence-electron chi connectivity index (χ0n) is 16.4. The third kappa shape index (κ3) is 4.51. The highest BCUT2D eigenvalue weighted by molar-refractivity contribution is 7.19. The van der Waals surface area contributed by atoms with Crippen molar-refractivity contribution < 1.29 is 18.0 Å². The average molecular weight is 479 g/mol. The number of thiazole rings is 1. The van der Waals surface area contributed by atoms with Gasteiger partial charge in [-0.1, -0.05) is 29.8 Å². The van der Waals surface area contributed by atoms with E-state index in [0.29, 0.717) is 26.0 Å². The number of benzene rings is 2. The minimum Gasteiger partial charge on any atom is -0.324 e. The van der Waals surface area contributed by atoms with Gasteiger partial charge in [-0.3, -0.25) is 9.59 Å². The monoisotopic (exact) mass is 478 g/mol. The van der Waals surface area contributed by atoms with E-state index in [0.717, 1.165) is 16.8 Å². The molecule has 0 saturated heterocycles. The molecule has 32 heavy (non-hydrogen) atoms. The van der Waals surface area contributed by atoms with Crippen molar-refractivity contribution in [2.45, 2.75) is 19.6 Å². The number of nitrogens with one attached hydrogen (secondary N) is 1. The molecule has 4 aromatic rings. The van der Waals surface area contributed by atoms with Gasteiger partial charge >= 0.3 is 6.18 Å². The van der Waals surface area contributed by atoms with E-state index in [1.54, 1.807) is 31.2 Å². The maximum Gasteiger partial charge on any atom is 0.416 e. The molecule has 1 N–H and O–H groups in total. The van der Waals surface area contributed by atoms with Crippen molar-refractivity contribution in [3.63, 3.8) is 0 Å². The molecule has 0 aliphatic rings. The first-order valence-corrected chi connectivity index (χ1v) is 10.4. The Morgan fingerprint density at radius 3 is 2.59 bits per heavy atom. The van der Waals surface area contributed by atoms with Crippen LogP contribution in [0.1, 0.15) is 10.6 Å². The molecule has 0 radical (unpaired) electrons. The van der Waals surface area contributed by atoms with Gasteiger partial charge in [0.1, 0.15) is 12.2 Å². The van der Waals surface area contributed by atoms with Crippen LogP contribution in [0.3, 0.4) is 0 Å². The molecule has 4 rings (SSSR count). The van der Waals surface area contributed by atoms with Crippen LogP contribution in [0, 0.1) is 6.92 Å². The number of carbonyl (C=O) groups is 1. The quantitative estimate of drug-likeness (QED) is 0.440. The lowest BCUT2D eigenvalue weighted by atomic mass is 10.1. The van der Waals surface area contributed by atoms with E-state index in [1.807, 2.05) is 0 Å². The van der Waals surface area contributed by atoms with Gasteiger partial charge in [-0.15, -0.1) is 11.3 Å². The molecule has 2 heterocycles. The van der Waals surface area contributed by atoms with Crippen LogP contribution in [0.5, 0.6) is 0 Å². The molecular formula is C21H14ClF3N4O2S. The third-order valence-electron chi connectivity index (χ3n) is 4.49. The van der Waals surface area contributed by atoms with Crippen LogP contribution in [0.15, 0.2) is 53.3 Å². The summed E-state index contributed by atoms with van der Waals surface area (Å²) in [4.78, 5) is 29.6. The number of aryl methyl sites for hydroxylation is 1. The summed E-state index contributed by atoms with van der Waals surface area (Å²) in [5.74, 6) is -0.702. The van der Waals surface area contributed by atoms with Crippen molar-refractivity contribution in [1.29, 1.82) is 0 Å². The number of amides is 1. The maximum atomic E-state index is 12.9. The lowest BCUT2D eigenvalue weighted by Crippen LogP contribution is -2.30. The fourth-order valence-corrected chi connectivity index (χ4v) is 4.12. The number of hydrogen-bond acceptors (Lipinski definition) is 5. The van der Waals surface area contributed by atoms with Gasteiger partial charge in [0.25, 0.3) is 5.56 Å². The standard InChI is InChI=1S/C21H14ClF3N4O2S/c1-11-26-18-19(32-11)17(12-5-7-14(22)8-6-12)28-29(20(18)31)10-16(30)27-15-4-2-3-13(9-15)21(23,24)25/h2-9H,10H2,1H3,(H,27,30). The lowest BCUT2D eigenvalue weighted by Gasteiger charge is -2.11. The van der Waals surface area contributed by atoms with Gasteiger partial charge in [-0.25, -0.2) is 9.67 Å². The Kier molecular flexibility index (Phi) is 5.74. The predicted octanol–water partition coefficient (Wildman–Crippen LogP) is 5.14. The number of nitrogens with zero attached hydrogens (tertiary/aromatic N) is 3. The second kappa shape index (κ2) is 8.36. The number of carbonyl (C=O) groups excluding carboxylic acids is 1. The summed E-state index contributed by atoms with van der Waals surface area (Å²) >= 11 is 7.25. The highest BCUT2D eigenvalue weighted by Gasteiger charge is 2.30. The van der Waals surface area contributed by atoms with Crippen molar-refractivity contribution in [2.75, 3.05) is 5.32 Å². The van der Waals surface area contributed by atoms with Crippen molar-refractivity contribution in [1.82, 2.24) is 14.8 Å². The zero-order chi connectivity index (χ0) is 23.0. The normalized spacial score (nSPS) is 11.7. The van der Waals surface area contributed by atoms with Gasteiger partial charge in [0.15, 0.2) is 5.52 Å². The van der Waals surface area contributed by atoms with Crippen LogP contribution in [-0.4, -0.2) is 20.7 Å². The largest absolute Gasteiger partial charge is 0.416 e. The Bertz CT molecular complexity index is 1380. The Hall–Kier alpha value is -3.24. The molecule has 11 heteroatoms. The maximum absolute atomic E-state index is 12.9. The molecule has 0 aliphatic heterocycles. The van der Waals surface area contributed by atoms with E-state index in [1.165, 1.54) is 23.5 Å². The fraction of sp³-hybridized carbons (Fsp3) is 0.143. The van der Waals surface area contributed by atoms with Crippen LogP contribution in [0.2, 0.25) is 5.02 Å². The minimum absolute atomic E-state index is 0.0404. The smallest absolute Gasteiger partial charge is 0.324 e. The van der Waals surface area contributed by atoms with Crippen LogP contribution in [-0.2, 0) is 17.5 Å².